The predicted molar refractivity (Wildman–Crippen MR) is 52.1 cm³/mol. The lowest BCUT2D eigenvalue weighted by atomic mass is 9.85. The molecule has 4 heteroatoms. The van der Waals surface area contributed by atoms with Crippen molar-refractivity contribution in [3.8, 4) is 0 Å². The summed E-state index contributed by atoms with van der Waals surface area (Å²) in [5.74, 6) is 0.439. The van der Waals surface area contributed by atoms with Gasteiger partial charge in [0.25, 0.3) is 0 Å². The van der Waals surface area contributed by atoms with Gasteiger partial charge in [-0.05, 0) is 12.8 Å². The lowest BCUT2D eigenvalue weighted by Gasteiger charge is -2.27. The monoisotopic (exact) mass is 182 g/mol. The van der Waals surface area contributed by atoms with Gasteiger partial charge in [0.1, 0.15) is 0 Å². The van der Waals surface area contributed by atoms with E-state index in [1.54, 1.807) is 4.68 Å². The molecule has 0 bridgehead atoms. The summed E-state index contributed by atoms with van der Waals surface area (Å²) in [6.45, 7) is 6.29. The minimum Gasteiger partial charge on any atom is -0.325 e. The van der Waals surface area contributed by atoms with Crippen LogP contribution in [0.15, 0.2) is 6.20 Å². The first-order valence-corrected chi connectivity index (χ1v) is 4.56. The average Bonchev–Trinajstić information content (AvgIpc) is 2.34. The molecule has 1 aromatic heterocycles. The van der Waals surface area contributed by atoms with Gasteiger partial charge < -0.3 is 5.73 Å². The molecule has 74 valence electrons. The van der Waals surface area contributed by atoms with Gasteiger partial charge in [0.05, 0.1) is 5.69 Å². The Labute approximate surface area is 79.1 Å². The summed E-state index contributed by atoms with van der Waals surface area (Å²) >= 11 is 0. The highest BCUT2D eigenvalue weighted by Crippen LogP contribution is 2.17. The molecule has 1 rings (SSSR count). The van der Waals surface area contributed by atoms with Crippen LogP contribution in [-0.2, 0) is 13.5 Å². The molecule has 0 saturated heterocycles. The second kappa shape index (κ2) is 3.46. The molecular weight excluding hydrogens is 164 g/mol. The van der Waals surface area contributed by atoms with Crippen molar-refractivity contribution >= 4 is 0 Å². The molecule has 0 spiro atoms. The quantitative estimate of drug-likeness (QED) is 0.749. The van der Waals surface area contributed by atoms with Crippen molar-refractivity contribution in [3.05, 3.63) is 11.9 Å². The van der Waals surface area contributed by atoms with E-state index >= 15 is 0 Å². The molecule has 0 aliphatic carbocycles. The third-order valence-electron chi connectivity index (χ3n) is 2.53. The first kappa shape index (κ1) is 10.2. The molecule has 4 nitrogen and oxygen atoms in total. The van der Waals surface area contributed by atoms with Gasteiger partial charge in [-0.3, -0.25) is 4.68 Å². The van der Waals surface area contributed by atoms with E-state index in [4.69, 9.17) is 5.73 Å². The molecule has 2 N–H and O–H groups in total. The van der Waals surface area contributed by atoms with Gasteiger partial charge in [-0.2, -0.15) is 0 Å². The Balaban J connectivity index is 2.68. The van der Waals surface area contributed by atoms with E-state index in [-0.39, 0.29) is 5.54 Å². The maximum absolute atomic E-state index is 6.12. The van der Waals surface area contributed by atoms with Crippen molar-refractivity contribution in [2.45, 2.75) is 32.7 Å². The van der Waals surface area contributed by atoms with E-state index in [1.165, 1.54) is 0 Å². The standard InChI is InChI=1S/C9H18N4/c1-7(2)9(3,10)5-8-6-13(4)12-11-8/h6-7H,5,10H2,1-4H3. The third kappa shape index (κ3) is 2.52. The zero-order chi connectivity index (χ0) is 10.1. The van der Waals surface area contributed by atoms with Crippen LogP contribution in [0.2, 0.25) is 0 Å². The summed E-state index contributed by atoms with van der Waals surface area (Å²) in [5, 5.41) is 7.89. The van der Waals surface area contributed by atoms with Gasteiger partial charge in [0, 0.05) is 25.2 Å². The molecule has 0 aromatic carbocycles. The predicted octanol–water partition coefficient (Wildman–Crippen LogP) is 0.731. The topological polar surface area (TPSA) is 56.7 Å². The molecule has 1 aromatic rings. The van der Waals surface area contributed by atoms with Crippen LogP contribution in [0.25, 0.3) is 0 Å². The van der Waals surface area contributed by atoms with Crippen LogP contribution in [0.3, 0.4) is 0 Å². The molecule has 0 fully saturated rings. The molecule has 13 heavy (non-hydrogen) atoms. The molecule has 0 saturated carbocycles. The molecule has 1 heterocycles. The van der Waals surface area contributed by atoms with Crippen molar-refractivity contribution in [2.24, 2.45) is 18.7 Å². The van der Waals surface area contributed by atoms with Gasteiger partial charge in [-0.15, -0.1) is 5.10 Å². The van der Waals surface area contributed by atoms with Crippen molar-refractivity contribution in [1.82, 2.24) is 15.0 Å². The fourth-order valence-electron chi connectivity index (χ4n) is 1.07. The van der Waals surface area contributed by atoms with E-state index in [2.05, 4.69) is 24.2 Å². The molecule has 1 atom stereocenters. The fraction of sp³-hybridized carbons (Fsp3) is 0.778. The van der Waals surface area contributed by atoms with Crippen LogP contribution in [0.4, 0.5) is 0 Å². The fourth-order valence-corrected chi connectivity index (χ4v) is 1.07. The van der Waals surface area contributed by atoms with Crippen LogP contribution >= 0.6 is 0 Å². The van der Waals surface area contributed by atoms with E-state index in [0.29, 0.717) is 5.92 Å². The van der Waals surface area contributed by atoms with Gasteiger partial charge in [0.2, 0.25) is 0 Å². The Morgan fingerprint density at radius 1 is 1.62 bits per heavy atom. The SMILES string of the molecule is CC(C)C(C)(N)Cc1cn(C)nn1. The van der Waals surface area contributed by atoms with Crippen LogP contribution in [-0.4, -0.2) is 20.5 Å². The van der Waals surface area contributed by atoms with Crippen molar-refractivity contribution in [3.63, 3.8) is 0 Å². The van der Waals surface area contributed by atoms with Crippen molar-refractivity contribution in [2.75, 3.05) is 0 Å². The second-order valence-corrected chi connectivity index (χ2v) is 4.22. The average molecular weight is 182 g/mol. The first-order valence-electron chi connectivity index (χ1n) is 4.56. The van der Waals surface area contributed by atoms with Crippen LogP contribution in [0.5, 0.6) is 0 Å². The minimum absolute atomic E-state index is 0.198. The Morgan fingerprint density at radius 2 is 2.23 bits per heavy atom. The molecular formula is C9H18N4. The summed E-state index contributed by atoms with van der Waals surface area (Å²) in [4.78, 5) is 0. The summed E-state index contributed by atoms with van der Waals surface area (Å²) in [5.41, 5.74) is 6.88. The highest BCUT2D eigenvalue weighted by atomic mass is 15.4. The van der Waals surface area contributed by atoms with Crippen LogP contribution in [0, 0.1) is 5.92 Å². The number of hydrogen-bond donors (Lipinski definition) is 1. The zero-order valence-corrected chi connectivity index (χ0v) is 8.78. The lowest BCUT2D eigenvalue weighted by molar-refractivity contribution is 0.335. The summed E-state index contributed by atoms with van der Waals surface area (Å²) in [6, 6.07) is 0. The summed E-state index contributed by atoms with van der Waals surface area (Å²) < 4.78 is 1.70. The largest absolute Gasteiger partial charge is 0.325 e. The van der Waals surface area contributed by atoms with Gasteiger partial charge in [-0.25, -0.2) is 0 Å². The van der Waals surface area contributed by atoms with Gasteiger partial charge >= 0.3 is 0 Å². The number of hydrogen-bond acceptors (Lipinski definition) is 3. The summed E-state index contributed by atoms with van der Waals surface area (Å²) in [6.07, 6.45) is 2.69. The Morgan fingerprint density at radius 3 is 2.62 bits per heavy atom. The lowest BCUT2D eigenvalue weighted by Crippen LogP contribution is -2.43. The minimum atomic E-state index is -0.198. The molecule has 0 amide bonds. The van der Waals surface area contributed by atoms with E-state index in [1.807, 2.05) is 20.2 Å². The normalized spacial score (nSPS) is 16.2. The maximum atomic E-state index is 6.12. The van der Waals surface area contributed by atoms with Crippen LogP contribution < -0.4 is 5.73 Å². The molecule has 0 radical (unpaired) electrons. The van der Waals surface area contributed by atoms with Gasteiger partial charge in [0.15, 0.2) is 0 Å². The van der Waals surface area contributed by atoms with Crippen LogP contribution in [0.1, 0.15) is 26.5 Å². The Kier molecular flexibility index (Phi) is 2.71. The third-order valence-corrected chi connectivity index (χ3v) is 2.53. The molecule has 1 unspecified atom stereocenters. The number of nitrogens with two attached hydrogens (primary N) is 1. The van der Waals surface area contributed by atoms with E-state index in [0.717, 1.165) is 12.1 Å². The molecule has 0 aliphatic rings. The number of rotatable bonds is 3. The summed E-state index contributed by atoms with van der Waals surface area (Å²) in [7, 11) is 1.86. The first-order chi connectivity index (χ1) is 5.92. The number of nitrogens with zero attached hydrogens (tertiary/aromatic N) is 3. The van der Waals surface area contributed by atoms with Crippen molar-refractivity contribution < 1.29 is 0 Å². The van der Waals surface area contributed by atoms with Gasteiger partial charge in [-0.1, -0.05) is 19.1 Å². The Bertz CT molecular complexity index is 275. The maximum Gasteiger partial charge on any atom is 0.0845 e. The smallest absolute Gasteiger partial charge is 0.0845 e. The zero-order valence-electron chi connectivity index (χ0n) is 8.78. The van der Waals surface area contributed by atoms with E-state index < -0.39 is 0 Å². The molecule has 0 aliphatic heterocycles. The number of aryl methyl sites for hydroxylation is 1. The highest BCUT2D eigenvalue weighted by molar-refractivity contribution is 5.01. The number of aromatic nitrogens is 3. The second-order valence-electron chi connectivity index (χ2n) is 4.22. The van der Waals surface area contributed by atoms with Crippen molar-refractivity contribution in [1.29, 1.82) is 0 Å². The highest BCUT2D eigenvalue weighted by Gasteiger charge is 2.24. The Hall–Kier alpha value is -0.900. The van der Waals surface area contributed by atoms with E-state index in [9.17, 15) is 0 Å².